The molecule has 0 unspecified atom stereocenters. The Morgan fingerprint density at radius 3 is 1.42 bits per heavy atom. The largest absolute Gasteiger partial charge is 0.309 e. The number of benzene rings is 8. The second-order valence-corrected chi connectivity index (χ2v) is 11.6. The summed E-state index contributed by atoms with van der Waals surface area (Å²) < 4.78 is 11.6. The molecular formula is C44H29N. The van der Waals surface area contributed by atoms with Gasteiger partial charge in [-0.25, -0.2) is 0 Å². The van der Waals surface area contributed by atoms with Gasteiger partial charge in [-0.3, -0.25) is 0 Å². The number of nitrogens with zero attached hydrogens (tertiary/aromatic N) is 1. The van der Waals surface area contributed by atoms with E-state index in [9.17, 15) is 1.37 Å². The van der Waals surface area contributed by atoms with Gasteiger partial charge in [-0.05, 0) is 85.3 Å². The van der Waals surface area contributed by atoms with Gasteiger partial charge in [-0.2, -0.15) is 0 Å². The molecule has 0 fully saturated rings. The van der Waals surface area contributed by atoms with Crippen LogP contribution in [0.3, 0.4) is 0 Å². The number of hydrogen-bond acceptors (Lipinski definition) is 0. The van der Waals surface area contributed by atoms with Crippen LogP contribution in [-0.4, -0.2) is 4.57 Å². The van der Waals surface area contributed by atoms with Crippen molar-refractivity contribution in [1.29, 1.82) is 0 Å². The topological polar surface area (TPSA) is 4.93 Å². The van der Waals surface area contributed by atoms with Crippen LogP contribution in [0, 0.1) is 0 Å². The normalized spacial score (nSPS) is 11.9. The van der Waals surface area contributed by atoms with E-state index in [1.54, 1.807) is 0 Å². The predicted octanol–water partition coefficient (Wildman–Crippen LogP) is 12.1. The first-order valence-electron chi connectivity index (χ1n) is 16.0. The van der Waals surface area contributed by atoms with E-state index < -0.39 is 0 Å². The molecule has 0 N–H and O–H groups in total. The van der Waals surface area contributed by atoms with Gasteiger partial charge in [0.2, 0.25) is 0 Å². The molecule has 0 saturated carbocycles. The Hall–Kier alpha value is -5.92. The van der Waals surface area contributed by atoms with Crippen LogP contribution < -0.4 is 0 Å². The molecule has 0 radical (unpaired) electrons. The van der Waals surface area contributed by atoms with Crippen LogP contribution in [0.5, 0.6) is 0 Å². The molecule has 1 aromatic heterocycles. The second-order valence-electron chi connectivity index (χ2n) is 11.6. The van der Waals surface area contributed by atoms with Crippen molar-refractivity contribution in [3.05, 3.63) is 176 Å². The van der Waals surface area contributed by atoms with Gasteiger partial charge >= 0.3 is 0 Å². The molecule has 0 saturated heterocycles. The third kappa shape index (κ3) is 4.09. The van der Waals surface area contributed by atoms with Crippen molar-refractivity contribution in [3.63, 3.8) is 0 Å². The molecule has 1 heteroatoms. The number of hydrogen-bond donors (Lipinski definition) is 0. The zero-order valence-electron chi connectivity index (χ0n) is 25.6. The maximum Gasteiger partial charge on any atom is 0.0629 e. The lowest BCUT2D eigenvalue weighted by Crippen LogP contribution is -1.92. The van der Waals surface area contributed by atoms with Crippen molar-refractivity contribution in [2.24, 2.45) is 0 Å². The number of fused-ring (bicyclic) bond motifs is 5. The van der Waals surface area contributed by atoms with E-state index in [1.165, 1.54) is 54.5 Å². The maximum atomic E-state index is 9.30. The van der Waals surface area contributed by atoms with Crippen LogP contribution in [0.2, 0.25) is 0 Å². The summed E-state index contributed by atoms with van der Waals surface area (Å²) in [6, 6.07) is 60.7. The molecule has 210 valence electrons. The Kier molecular flexibility index (Phi) is 5.65. The van der Waals surface area contributed by atoms with Crippen LogP contribution in [-0.2, 0) is 0 Å². The lowest BCUT2D eigenvalue weighted by atomic mass is 9.86. The minimum atomic E-state index is 0.518. The zero-order chi connectivity index (χ0) is 30.6. The SMILES string of the molecule is [2H]c1cc(-c2c3ccccc3c(-c3ccccc3)c3ccccc23)ccc1-c1ccc2c(c1)c1ccccc1n2-c1ccccc1. The average Bonchev–Trinajstić information content (AvgIpc) is 3.45. The quantitative estimate of drug-likeness (QED) is 0.185. The molecule has 0 atom stereocenters. The van der Waals surface area contributed by atoms with Crippen molar-refractivity contribution in [1.82, 2.24) is 4.57 Å². The molecule has 0 amide bonds. The fourth-order valence-electron chi connectivity index (χ4n) is 7.11. The summed E-state index contributed by atoms with van der Waals surface area (Å²) in [5.41, 5.74) is 10.2. The molecule has 9 aromatic rings. The van der Waals surface area contributed by atoms with Gasteiger partial charge in [-0.1, -0.05) is 146 Å². The van der Waals surface area contributed by atoms with Crippen LogP contribution >= 0.6 is 0 Å². The summed E-state index contributed by atoms with van der Waals surface area (Å²) in [4.78, 5) is 0. The van der Waals surface area contributed by atoms with Crippen molar-refractivity contribution < 1.29 is 1.37 Å². The highest BCUT2D eigenvalue weighted by molar-refractivity contribution is 6.21. The number of aromatic nitrogens is 1. The van der Waals surface area contributed by atoms with Crippen molar-refractivity contribution >= 4 is 43.4 Å². The van der Waals surface area contributed by atoms with Crippen LogP contribution in [0.4, 0.5) is 0 Å². The van der Waals surface area contributed by atoms with Gasteiger partial charge < -0.3 is 4.57 Å². The Morgan fingerprint density at radius 2 is 0.800 bits per heavy atom. The Morgan fingerprint density at radius 1 is 0.333 bits per heavy atom. The van der Waals surface area contributed by atoms with E-state index >= 15 is 0 Å². The minimum absolute atomic E-state index is 0.518. The van der Waals surface area contributed by atoms with Crippen molar-refractivity contribution in [2.45, 2.75) is 0 Å². The van der Waals surface area contributed by atoms with Gasteiger partial charge in [0.15, 0.2) is 0 Å². The van der Waals surface area contributed by atoms with E-state index in [0.29, 0.717) is 6.04 Å². The molecule has 0 aliphatic heterocycles. The molecule has 1 heterocycles. The van der Waals surface area contributed by atoms with Crippen molar-refractivity contribution in [3.8, 4) is 39.1 Å². The Labute approximate surface area is 263 Å². The molecular weight excluding hydrogens is 542 g/mol. The third-order valence-corrected chi connectivity index (χ3v) is 9.09. The summed E-state index contributed by atoms with van der Waals surface area (Å²) in [7, 11) is 0. The molecule has 9 rings (SSSR count). The van der Waals surface area contributed by atoms with E-state index in [-0.39, 0.29) is 0 Å². The van der Waals surface area contributed by atoms with E-state index in [2.05, 4.69) is 168 Å². The van der Waals surface area contributed by atoms with Crippen LogP contribution in [0.1, 0.15) is 1.37 Å². The first kappa shape index (κ1) is 24.5. The minimum Gasteiger partial charge on any atom is -0.309 e. The molecule has 45 heavy (non-hydrogen) atoms. The lowest BCUT2D eigenvalue weighted by Gasteiger charge is -2.18. The summed E-state index contributed by atoms with van der Waals surface area (Å²) in [6.07, 6.45) is 0. The summed E-state index contributed by atoms with van der Waals surface area (Å²) in [5, 5.41) is 7.23. The highest BCUT2D eigenvalue weighted by atomic mass is 15.0. The van der Waals surface area contributed by atoms with Gasteiger partial charge in [0, 0.05) is 16.5 Å². The van der Waals surface area contributed by atoms with E-state index in [0.717, 1.165) is 27.9 Å². The first-order valence-corrected chi connectivity index (χ1v) is 15.5. The average molecular weight is 573 g/mol. The fraction of sp³-hybridized carbons (Fsp3) is 0. The highest BCUT2D eigenvalue weighted by Gasteiger charge is 2.17. The molecule has 8 aromatic carbocycles. The van der Waals surface area contributed by atoms with Gasteiger partial charge in [-0.15, -0.1) is 0 Å². The third-order valence-electron chi connectivity index (χ3n) is 9.09. The smallest absolute Gasteiger partial charge is 0.0629 e. The van der Waals surface area contributed by atoms with Gasteiger partial charge in [0.25, 0.3) is 0 Å². The standard InChI is InChI=1S/C44H29N/c1-3-13-31(14-4-1)43-36-18-7-9-20-38(36)44(39-21-10-8-19-37(39)43)32-25-23-30(24-26-32)33-27-28-42-40(29-33)35-17-11-12-22-41(35)45(42)34-15-5-2-6-16-34/h1-29H/i23D. The molecule has 0 aliphatic rings. The van der Waals surface area contributed by atoms with Crippen LogP contribution in [0.25, 0.3) is 82.4 Å². The first-order chi connectivity index (χ1) is 22.8. The highest BCUT2D eigenvalue weighted by Crippen LogP contribution is 2.44. The van der Waals surface area contributed by atoms with Crippen molar-refractivity contribution in [2.75, 3.05) is 0 Å². The zero-order valence-corrected chi connectivity index (χ0v) is 24.6. The molecule has 0 aliphatic carbocycles. The fourth-order valence-corrected chi connectivity index (χ4v) is 7.11. The maximum absolute atomic E-state index is 9.30. The van der Waals surface area contributed by atoms with Gasteiger partial charge in [0.05, 0.1) is 12.4 Å². The lowest BCUT2D eigenvalue weighted by molar-refractivity contribution is 1.18. The monoisotopic (exact) mass is 572 g/mol. The molecule has 0 bridgehead atoms. The molecule has 1 nitrogen and oxygen atoms in total. The summed E-state index contributed by atoms with van der Waals surface area (Å²) in [5.74, 6) is 0. The Balaban J connectivity index is 1.23. The summed E-state index contributed by atoms with van der Waals surface area (Å²) >= 11 is 0. The predicted molar refractivity (Wildman–Crippen MR) is 192 cm³/mol. The molecule has 0 spiro atoms. The van der Waals surface area contributed by atoms with E-state index in [4.69, 9.17) is 0 Å². The van der Waals surface area contributed by atoms with Crippen LogP contribution in [0.15, 0.2) is 176 Å². The van der Waals surface area contributed by atoms with Gasteiger partial charge in [0.1, 0.15) is 0 Å². The second kappa shape index (κ2) is 10.4. The summed E-state index contributed by atoms with van der Waals surface area (Å²) in [6.45, 7) is 0. The number of para-hydroxylation sites is 2. The number of rotatable bonds is 4. The van der Waals surface area contributed by atoms with E-state index in [1.807, 2.05) is 6.07 Å². The Bertz CT molecular complexity index is 2520.